The average Bonchev–Trinajstić information content (AvgIpc) is 1.68. The summed E-state index contributed by atoms with van der Waals surface area (Å²) in [5.74, 6) is 0.0799. The lowest BCUT2D eigenvalue weighted by atomic mass is 10.5. The number of hydrogen-bond donors (Lipinski definition) is 2. The average molecular weight is 125 g/mol. The zero-order valence-corrected chi connectivity index (χ0v) is 4.62. The summed E-state index contributed by atoms with van der Waals surface area (Å²) in [6, 6.07) is 0. The third-order valence-electron chi connectivity index (χ3n) is 0.511. The van der Waals surface area contributed by atoms with E-state index in [0.29, 0.717) is 12.0 Å². The van der Waals surface area contributed by atoms with Crippen molar-refractivity contribution in [1.82, 2.24) is 0 Å². The van der Waals surface area contributed by atoms with Crippen LogP contribution in [0.4, 0.5) is 4.39 Å². The van der Waals surface area contributed by atoms with Crippen molar-refractivity contribution in [1.29, 1.82) is 0 Å². The first kappa shape index (κ1) is 7.20. The predicted molar refractivity (Wildman–Crippen MR) is 29.0 cm³/mol. The van der Waals surface area contributed by atoms with E-state index in [1.54, 1.807) is 0 Å². The van der Waals surface area contributed by atoms with E-state index in [1.165, 1.54) is 0 Å². The van der Waals surface area contributed by atoms with Crippen LogP contribution in [0.5, 0.6) is 0 Å². The molecule has 44 valence electrons. The van der Waals surface area contributed by atoms with Gasteiger partial charge < -0.3 is 10.3 Å². The lowest BCUT2D eigenvalue weighted by Crippen LogP contribution is -2.16. The van der Waals surface area contributed by atoms with Crippen molar-refractivity contribution in [2.75, 3.05) is 12.3 Å². The van der Waals surface area contributed by atoms with Gasteiger partial charge in [-0.2, -0.15) is 0 Å². The maximum atomic E-state index is 11.8. The maximum absolute atomic E-state index is 11.8. The van der Waals surface area contributed by atoms with Crippen molar-refractivity contribution in [3.05, 3.63) is 0 Å². The molecule has 0 bridgehead atoms. The highest BCUT2D eigenvalue weighted by Gasteiger charge is 1.99. The number of hydrogen-bond acceptors (Lipinski definition) is 3. The summed E-state index contributed by atoms with van der Waals surface area (Å²) in [4.78, 5) is 0. The van der Waals surface area contributed by atoms with Gasteiger partial charge in [0.05, 0.1) is 5.75 Å². The van der Waals surface area contributed by atoms with Gasteiger partial charge in [0, 0.05) is 6.54 Å². The van der Waals surface area contributed by atoms with E-state index < -0.39 is 6.17 Å². The fraction of sp³-hybridized carbons (Fsp3) is 1.00. The molecule has 0 rings (SSSR count). The van der Waals surface area contributed by atoms with Crippen molar-refractivity contribution in [2.24, 2.45) is 5.73 Å². The molecule has 2 nitrogen and oxygen atoms in total. The topological polar surface area (TPSA) is 46.2 Å². The lowest BCUT2D eigenvalue weighted by molar-refractivity contribution is 0.373. The van der Waals surface area contributed by atoms with Crippen molar-refractivity contribution in [2.45, 2.75) is 6.17 Å². The molecule has 0 fully saturated rings. The SMILES string of the molecule is NCC(F)CSO. The van der Waals surface area contributed by atoms with E-state index in [-0.39, 0.29) is 12.3 Å². The molecular weight excluding hydrogens is 117 g/mol. The van der Waals surface area contributed by atoms with Crippen LogP contribution in [0.15, 0.2) is 0 Å². The Morgan fingerprint density at radius 3 is 2.57 bits per heavy atom. The second-order valence-corrected chi connectivity index (χ2v) is 1.72. The van der Waals surface area contributed by atoms with Crippen LogP contribution in [0.2, 0.25) is 0 Å². The Labute approximate surface area is 46.1 Å². The third-order valence-corrected chi connectivity index (χ3v) is 1.02. The summed E-state index contributed by atoms with van der Waals surface area (Å²) >= 11 is 0.479. The highest BCUT2D eigenvalue weighted by molar-refractivity contribution is 7.93. The third kappa shape index (κ3) is 4.04. The van der Waals surface area contributed by atoms with Crippen molar-refractivity contribution in [3.8, 4) is 0 Å². The van der Waals surface area contributed by atoms with Crippen molar-refractivity contribution < 1.29 is 8.94 Å². The van der Waals surface area contributed by atoms with E-state index in [2.05, 4.69) is 0 Å². The molecule has 4 heteroatoms. The Hall–Kier alpha value is 0.200. The van der Waals surface area contributed by atoms with Gasteiger partial charge in [0.2, 0.25) is 0 Å². The Morgan fingerprint density at radius 1 is 1.86 bits per heavy atom. The van der Waals surface area contributed by atoms with Crippen molar-refractivity contribution >= 4 is 12.0 Å². The van der Waals surface area contributed by atoms with Crippen LogP contribution >= 0.6 is 12.0 Å². The van der Waals surface area contributed by atoms with Gasteiger partial charge in [-0.15, -0.1) is 0 Å². The molecule has 0 aliphatic carbocycles. The standard InChI is InChI=1S/C3H8FNOS/c4-3(1-5)2-7-6/h3,6H,1-2,5H2. The molecule has 0 aromatic heterocycles. The Kier molecular flexibility index (Phi) is 4.49. The second-order valence-electron chi connectivity index (χ2n) is 1.13. The summed E-state index contributed by atoms with van der Waals surface area (Å²) in [5.41, 5.74) is 4.86. The fourth-order valence-electron chi connectivity index (χ4n) is 0.149. The molecule has 0 radical (unpaired) electrons. The van der Waals surface area contributed by atoms with Crippen LogP contribution in [0, 0.1) is 0 Å². The molecule has 0 heterocycles. The largest absolute Gasteiger partial charge is 0.330 e. The monoisotopic (exact) mass is 125 g/mol. The van der Waals surface area contributed by atoms with E-state index in [9.17, 15) is 4.39 Å². The van der Waals surface area contributed by atoms with Crippen LogP contribution < -0.4 is 5.73 Å². The fourth-order valence-corrected chi connectivity index (χ4v) is 0.447. The van der Waals surface area contributed by atoms with Gasteiger partial charge in [-0.05, 0) is 12.0 Å². The van der Waals surface area contributed by atoms with Gasteiger partial charge in [-0.3, -0.25) is 0 Å². The molecule has 0 aliphatic rings. The minimum absolute atomic E-state index is 0.00639. The first-order valence-corrected chi connectivity index (χ1v) is 2.86. The highest BCUT2D eigenvalue weighted by Crippen LogP contribution is 1.97. The normalized spacial score (nSPS) is 14.1. The molecule has 1 unspecified atom stereocenters. The molecule has 0 aliphatic heterocycles. The zero-order valence-electron chi connectivity index (χ0n) is 3.80. The minimum atomic E-state index is -1.06. The summed E-state index contributed by atoms with van der Waals surface area (Å²) in [6.07, 6.45) is -1.06. The Bertz CT molecular complexity index is 45.9. The van der Waals surface area contributed by atoms with Gasteiger partial charge in [0.1, 0.15) is 6.17 Å². The van der Waals surface area contributed by atoms with Gasteiger partial charge in [0.15, 0.2) is 0 Å². The molecule has 0 saturated carbocycles. The molecule has 0 amide bonds. The van der Waals surface area contributed by atoms with Crippen LogP contribution in [0.25, 0.3) is 0 Å². The molecule has 0 aromatic carbocycles. The summed E-state index contributed by atoms with van der Waals surface area (Å²) in [5, 5.41) is 0. The zero-order chi connectivity index (χ0) is 5.70. The van der Waals surface area contributed by atoms with E-state index in [0.717, 1.165) is 0 Å². The molecule has 3 N–H and O–H groups in total. The van der Waals surface area contributed by atoms with Gasteiger partial charge >= 0.3 is 0 Å². The Balaban J connectivity index is 2.83. The molecule has 1 atom stereocenters. The van der Waals surface area contributed by atoms with Gasteiger partial charge in [0.25, 0.3) is 0 Å². The predicted octanol–water partition coefficient (Wildman–Crippen LogP) is 0.489. The first-order valence-electron chi connectivity index (χ1n) is 1.91. The van der Waals surface area contributed by atoms with Crippen LogP contribution in [-0.2, 0) is 0 Å². The molecule has 7 heavy (non-hydrogen) atoms. The van der Waals surface area contributed by atoms with E-state index in [1.807, 2.05) is 0 Å². The number of halogens is 1. The number of nitrogens with two attached hydrogens (primary N) is 1. The number of rotatable bonds is 3. The minimum Gasteiger partial charge on any atom is -0.330 e. The van der Waals surface area contributed by atoms with E-state index >= 15 is 0 Å². The molecule has 0 spiro atoms. The highest BCUT2D eigenvalue weighted by atomic mass is 32.2. The van der Waals surface area contributed by atoms with Crippen LogP contribution in [-0.4, -0.2) is 23.0 Å². The molecule has 0 aromatic rings. The summed E-state index contributed by atoms with van der Waals surface area (Å²) < 4.78 is 19.8. The van der Waals surface area contributed by atoms with Crippen molar-refractivity contribution in [3.63, 3.8) is 0 Å². The first-order chi connectivity index (χ1) is 3.31. The second kappa shape index (κ2) is 4.36. The smallest absolute Gasteiger partial charge is 0.123 e. The molecule has 0 saturated heterocycles. The number of alkyl halides is 1. The lowest BCUT2D eigenvalue weighted by Gasteiger charge is -1.97. The maximum Gasteiger partial charge on any atom is 0.123 e. The molecular formula is C3H8FNOS. The van der Waals surface area contributed by atoms with Crippen LogP contribution in [0.1, 0.15) is 0 Å². The Morgan fingerprint density at radius 2 is 2.43 bits per heavy atom. The van der Waals surface area contributed by atoms with Gasteiger partial charge in [-0.25, -0.2) is 4.39 Å². The quantitative estimate of drug-likeness (QED) is 0.539. The van der Waals surface area contributed by atoms with Gasteiger partial charge in [-0.1, -0.05) is 0 Å². The van der Waals surface area contributed by atoms with E-state index in [4.69, 9.17) is 10.3 Å². The summed E-state index contributed by atoms with van der Waals surface area (Å²) in [7, 11) is 0. The van der Waals surface area contributed by atoms with Crippen LogP contribution in [0.3, 0.4) is 0 Å². The summed E-state index contributed by atoms with van der Waals surface area (Å²) in [6.45, 7) is -0.00639.